The number of hydrogen-bond donors (Lipinski definition) is 1. The Balaban J connectivity index is 2.42. The van der Waals surface area contributed by atoms with Crippen molar-refractivity contribution in [2.24, 2.45) is 0 Å². The van der Waals surface area contributed by atoms with Crippen LogP contribution in [-0.2, 0) is 0 Å². The maximum absolute atomic E-state index is 4.34. The second-order valence-corrected chi connectivity index (χ2v) is 3.68. The molecule has 1 N–H and O–H groups in total. The fourth-order valence-electron chi connectivity index (χ4n) is 1.61. The molecule has 0 aliphatic rings. The third-order valence-corrected chi connectivity index (χ3v) is 2.29. The molecule has 0 unspecified atom stereocenters. The van der Waals surface area contributed by atoms with E-state index in [1.54, 1.807) is 7.05 Å². The lowest BCUT2D eigenvalue weighted by Crippen LogP contribution is -1.96. The molecule has 4 heteroatoms. The predicted octanol–water partition coefficient (Wildman–Crippen LogP) is 2.20. The Hall–Kier alpha value is -1.97. The minimum Gasteiger partial charge on any atom is -0.357 e. The topological polar surface area (TPSA) is 50.7 Å². The quantitative estimate of drug-likeness (QED) is 0.832. The summed E-state index contributed by atoms with van der Waals surface area (Å²) in [4.78, 5) is 12.7. The molecule has 0 radical (unpaired) electrons. The van der Waals surface area contributed by atoms with E-state index in [2.05, 4.69) is 20.3 Å². The van der Waals surface area contributed by atoms with Crippen molar-refractivity contribution in [3.63, 3.8) is 0 Å². The average molecular weight is 214 g/mol. The largest absolute Gasteiger partial charge is 0.357 e. The molecule has 0 atom stereocenters. The maximum Gasteiger partial charge on any atom is 0.222 e. The van der Waals surface area contributed by atoms with Gasteiger partial charge in [-0.1, -0.05) is 0 Å². The van der Waals surface area contributed by atoms with Crippen LogP contribution in [0.5, 0.6) is 0 Å². The van der Waals surface area contributed by atoms with E-state index in [9.17, 15) is 0 Å². The van der Waals surface area contributed by atoms with E-state index in [0.717, 1.165) is 22.5 Å². The molecule has 0 aliphatic heterocycles. The summed E-state index contributed by atoms with van der Waals surface area (Å²) in [6.45, 7) is 3.97. The highest BCUT2D eigenvalue weighted by molar-refractivity contribution is 5.62. The smallest absolute Gasteiger partial charge is 0.222 e. The minimum absolute atomic E-state index is 0.631. The van der Waals surface area contributed by atoms with Crippen LogP contribution in [0.3, 0.4) is 0 Å². The van der Waals surface area contributed by atoms with E-state index in [0.29, 0.717) is 5.95 Å². The molecule has 2 aromatic heterocycles. The van der Waals surface area contributed by atoms with Crippen molar-refractivity contribution in [1.82, 2.24) is 15.0 Å². The van der Waals surface area contributed by atoms with Gasteiger partial charge < -0.3 is 5.32 Å². The van der Waals surface area contributed by atoms with Gasteiger partial charge in [-0.15, -0.1) is 0 Å². The van der Waals surface area contributed by atoms with Gasteiger partial charge in [0.05, 0.1) is 0 Å². The van der Waals surface area contributed by atoms with Crippen LogP contribution < -0.4 is 5.32 Å². The fourth-order valence-corrected chi connectivity index (χ4v) is 1.61. The Bertz CT molecular complexity index is 471. The van der Waals surface area contributed by atoms with Gasteiger partial charge in [0.1, 0.15) is 0 Å². The molecule has 0 aromatic carbocycles. The number of anilines is 1. The highest BCUT2D eigenvalue weighted by Crippen LogP contribution is 2.19. The number of aryl methyl sites for hydroxylation is 2. The zero-order valence-electron chi connectivity index (χ0n) is 9.65. The number of aromatic nitrogens is 3. The van der Waals surface area contributed by atoms with Crippen LogP contribution >= 0.6 is 0 Å². The maximum atomic E-state index is 4.34. The van der Waals surface area contributed by atoms with Gasteiger partial charge in [-0.2, -0.15) is 0 Å². The Kier molecular flexibility index (Phi) is 2.81. The van der Waals surface area contributed by atoms with E-state index in [4.69, 9.17) is 0 Å². The van der Waals surface area contributed by atoms with E-state index in [-0.39, 0.29) is 0 Å². The van der Waals surface area contributed by atoms with E-state index < -0.39 is 0 Å². The molecular formula is C12H14N4. The molecule has 0 aliphatic carbocycles. The van der Waals surface area contributed by atoms with E-state index in [1.165, 1.54) is 0 Å². The van der Waals surface area contributed by atoms with E-state index in [1.807, 2.05) is 38.4 Å². The third kappa shape index (κ3) is 2.16. The van der Waals surface area contributed by atoms with Crippen LogP contribution in [0.15, 0.2) is 24.5 Å². The van der Waals surface area contributed by atoms with Crippen molar-refractivity contribution in [1.29, 1.82) is 0 Å². The fraction of sp³-hybridized carbons (Fsp3) is 0.250. The lowest BCUT2D eigenvalue weighted by Gasteiger charge is -2.04. The monoisotopic (exact) mass is 214 g/mol. The standard InChI is InChI=1S/C12H14N4/c1-8-4-10(5-9(2)16-8)11-6-14-12(13-3)15-7-11/h4-7H,1-3H3,(H,13,14,15). The number of nitrogens with one attached hydrogen (secondary N) is 1. The van der Waals surface area contributed by atoms with Crippen LogP contribution in [0.2, 0.25) is 0 Å². The Morgan fingerprint density at radius 2 is 1.50 bits per heavy atom. The predicted molar refractivity (Wildman–Crippen MR) is 64.3 cm³/mol. The van der Waals surface area contributed by atoms with Gasteiger partial charge in [0.25, 0.3) is 0 Å². The molecule has 0 saturated carbocycles. The summed E-state index contributed by atoms with van der Waals surface area (Å²) in [5.74, 6) is 0.631. The zero-order valence-corrected chi connectivity index (χ0v) is 9.65. The molecule has 2 rings (SSSR count). The first-order valence-corrected chi connectivity index (χ1v) is 5.14. The molecule has 2 heterocycles. The summed E-state index contributed by atoms with van der Waals surface area (Å²) in [5.41, 5.74) is 4.13. The highest BCUT2D eigenvalue weighted by Gasteiger charge is 2.01. The molecule has 4 nitrogen and oxygen atoms in total. The molecule has 0 spiro atoms. The molecule has 0 saturated heterocycles. The third-order valence-electron chi connectivity index (χ3n) is 2.29. The normalized spacial score (nSPS) is 10.2. The van der Waals surface area contributed by atoms with Crippen LogP contribution in [0.1, 0.15) is 11.4 Å². The molecule has 82 valence electrons. The zero-order chi connectivity index (χ0) is 11.5. The van der Waals surface area contributed by atoms with Crippen molar-refractivity contribution >= 4 is 5.95 Å². The van der Waals surface area contributed by atoms with Crippen molar-refractivity contribution in [3.8, 4) is 11.1 Å². The van der Waals surface area contributed by atoms with Gasteiger partial charge in [-0.05, 0) is 31.5 Å². The Morgan fingerprint density at radius 1 is 0.938 bits per heavy atom. The number of pyridine rings is 1. The van der Waals surface area contributed by atoms with Crippen LogP contribution in [0.25, 0.3) is 11.1 Å². The summed E-state index contributed by atoms with van der Waals surface area (Å²) in [6.07, 6.45) is 3.63. The Morgan fingerprint density at radius 3 is 2.00 bits per heavy atom. The van der Waals surface area contributed by atoms with Crippen LogP contribution in [-0.4, -0.2) is 22.0 Å². The molecular weight excluding hydrogens is 200 g/mol. The molecule has 16 heavy (non-hydrogen) atoms. The SMILES string of the molecule is CNc1ncc(-c2cc(C)nc(C)c2)cn1. The number of hydrogen-bond acceptors (Lipinski definition) is 4. The van der Waals surface area contributed by atoms with Crippen molar-refractivity contribution in [3.05, 3.63) is 35.9 Å². The summed E-state index contributed by atoms with van der Waals surface area (Å²) in [5, 5.41) is 2.89. The van der Waals surface area contributed by atoms with Crippen molar-refractivity contribution in [2.75, 3.05) is 12.4 Å². The van der Waals surface area contributed by atoms with Crippen LogP contribution in [0.4, 0.5) is 5.95 Å². The lowest BCUT2D eigenvalue weighted by molar-refractivity contribution is 1.12. The summed E-state index contributed by atoms with van der Waals surface area (Å²) in [6, 6.07) is 4.06. The lowest BCUT2D eigenvalue weighted by atomic mass is 10.1. The van der Waals surface area contributed by atoms with Crippen molar-refractivity contribution in [2.45, 2.75) is 13.8 Å². The van der Waals surface area contributed by atoms with Gasteiger partial charge in [0.15, 0.2) is 0 Å². The second-order valence-electron chi connectivity index (χ2n) is 3.68. The molecule has 0 amide bonds. The van der Waals surface area contributed by atoms with Gasteiger partial charge in [0, 0.05) is 36.4 Å². The second kappa shape index (κ2) is 4.26. The molecule has 0 fully saturated rings. The first-order chi connectivity index (χ1) is 7.69. The number of rotatable bonds is 2. The van der Waals surface area contributed by atoms with Gasteiger partial charge in [0.2, 0.25) is 5.95 Å². The first-order valence-electron chi connectivity index (χ1n) is 5.14. The van der Waals surface area contributed by atoms with Gasteiger partial charge in [-0.25, -0.2) is 9.97 Å². The summed E-state index contributed by atoms with van der Waals surface area (Å²) in [7, 11) is 1.80. The number of nitrogens with zero attached hydrogens (tertiary/aromatic N) is 3. The first kappa shape index (κ1) is 10.5. The van der Waals surface area contributed by atoms with Crippen molar-refractivity contribution < 1.29 is 0 Å². The van der Waals surface area contributed by atoms with Gasteiger partial charge in [-0.3, -0.25) is 4.98 Å². The molecule has 0 bridgehead atoms. The Labute approximate surface area is 94.8 Å². The summed E-state index contributed by atoms with van der Waals surface area (Å²) >= 11 is 0. The highest BCUT2D eigenvalue weighted by atomic mass is 15.1. The van der Waals surface area contributed by atoms with Crippen LogP contribution in [0, 0.1) is 13.8 Å². The minimum atomic E-state index is 0.631. The van der Waals surface area contributed by atoms with E-state index >= 15 is 0 Å². The molecule has 2 aromatic rings. The van der Waals surface area contributed by atoms with Gasteiger partial charge >= 0.3 is 0 Å². The average Bonchev–Trinajstić information content (AvgIpc) is 2.28. The summed E-state index contributed by atoms with van der Waals surface area (Å²) < 4.78 is 0.